The third-order valence-electron chi connectivity index (χ3n) is 5.56. The molecule has 0 saturated carbocycles. The molecule has 2 amide bonds. The molecule has 164 valence electrons. The minimum Gasteiger partial charge on any atom is -0.506 e. The summed E-state index contributed by atoms with van der Waals surface area (Å²) in [6, 6.07) is 15.8. The SMILES string of the molecule is O=C(O)CNC(=O)c1c(O)c2ccccc2n(CC2CCN(c3ccccc3)C2=O)c1=O. The molecular formula is C23H21N3O6. The first-order valence-electron chi connectivity index (χ1n) is 10.1. The third-order valence-corrected chi connectivity index (χ3v) is 5.56. The van der Waals surface area contributed by atoms with Gasteiger partial charge in [0.2, 0.25) is 5.91 Å². The Balaban J connectivity index is 1.72. The van der Waals surface area contributed by atoms with Crippen LogP contribution >= 0.6 is 0 Å². The number of hydrogen-bond acceptors (Lipinski definition) is 5. The standard InChI is InChI=1S/C23H21N3O6/c27-18(28)12-24-21(30)19-20(29)16-8-4-5-9-17(16)26(23(19)32)13-14-10-11-25(22(14)31)15-6-2-1-3-7-15/h1-9,14,29H,10-13H2,(H,24,30)(H,27,28). The lowest BCUT2D eigenvalue weighted by Crippen LogP contribution is -2.37. The molecule has 1 aromatic heterocycles. The highest BCUT2D eigenvalue weighted by Gasteiger charge is 2.34. The van der Waals surface area contributed by atoms with Crippen LogP contribution in [0.4, 0.5) is 5.69 Å². The number of para-hydroxylation sites is 2. The van der Waals surface area contributed by atoms with Crippen LogP contribution in [0.5, 0.6) is 5.75 Å². The number of carboxylic acid groups (broad SMARTS) is 1. The summed E-state index contributed by atoms with van der Waals surface area (Å²) in [5.41, 5.74) is -0.169. The van der Waals surface area contributed by atoms with Crippen LogP contribution in [-0.2, 0) is 16.1 Å². The minimum absolute atomic E-state index is 0.0288. The van der Waals surface area contributed by atoms with Crippen LogP contribution in [0.15, 0.2) is 59.4 Å². The largest absolute Gasteiger partial charge is 0.506 e. The number of nitrogens with zero attached hydrogens (tertiary/aromatic N) is 2. The highest BCUT2D eigenvalue weighted by atomic mass is 16.4. The third kappa shape index (κ3) is 3.80. The molecule has 0 spiro atoms. The zero-order valence-corrected chi connectivity index (χ0v) is 17.0. The van der Waals surface area contributed by atoms with Gasteiger partial charge in [-0.2, -0.15) is 0 Å². The van der Waals surface area contributed by atoms with E-state index in [-0.39, 0.29) is 17.8 Å². The molecule has 1 unspecified atom stereocenters. The lowest BCUT2D eigenvalue weighted by atomic mass is 10.1. The zero-order chi connectivity index (χ0) is 22.8. The van der Waals surface area contributed by atoms with Crippen molar-refractivity contribution in [3.05, 3.63) is 70.5 Å². The molecule has 1 atom stereocenters. The predicted octanol–water partition coefficient (Wildman–Crippen LogP) is 1.57. The van der Waals surface area contributed by atoms with Crippen molar-refractivity contribution in [3.63, 3.8) is 0 Å². The van der Waals surface area contributed by atoms with E-state index in [0.717, 1.165) is 5.69 Å². The average molecular weight is 435 g/mol. The van der Waals surface area contributed by atoms with E-state index in [1.54, 1.807) is 29.2 Å². The summed E-state index contributed by atoms with van der Waals surface area (Å²) in [6.07, 6.45) is 0.524. The van der Waals surface area contributed by atoms with Crippen molar-refractivity contribution in [3.8, 4) is 5.75 Å². The minimum atomic E-state index is -1.28. The highest BCUT2D eigenvalue weighted by Crippen LogP contribution is 2.29. The second-order valence-electron chi connectivity index (χ2n) is 7.54. The number of amides is 2. The number of aliphatic carboxylic acids is 1. The molecule has 1 aliphatic heterocycles. The maximum atomic E-state index is 13.2. The van der Waals surface area contributed by atoms with Gasteiger partial charge in [-0.05, 0) is 30.7 Å². The molecule has 0 aliphatic carbocycles. The monoisotopic (exact) mass is 435 g/mol. The summed E-state index contributed by atoms with van der Waals surface area (Å²) in [4.78, 5) is 51.2. The number of nitrogens with one attached hydrogen (secondary N) is 1. The molecule has 0 radical (unpaired) electrons. The molecule has 2 aromatic carbocycles. The second kappa shape index (κ2) is 8.54. The van der Waals surface area contributed by atoms with Crippen molar-refractivity contribution in [2.24, 2.45) is 5.92 Å². The maximum Gasteiger partial charge on any atom is 0.322 e. The Morgan fingerprint density at radius 2 is 1.72 bits per heavy atom. The van der Waals surface area contributed by atoms with Gasteiger partial charge >= 0.3 is 5.97 Å². The van der Waals surface area contributed by atoms with Crippen LogP contribution < -0.4 is 15.8 Å². The van der Waals surface area contributed by atoms with E-state index in [9.17, 15) is 24.3 Å². The van der Waals surface area contributed by atoms with Crippen LogP contribution in [0.25, 0.3) is 10.9 Å². The van der Waals surface area contributed by atoms with E-state index in [0.29, 0.717) is 18.5 Å². The highest BCUT2D eigenvalue weighted by molar-refractivity contribution is 6.03. The number of hydrogen-bond donors (Lipinski definition) is 3. The van der Waals surface area contributed by atoms with Crippen LogP contribution in [-0.4, -0.2) is 45.7 Å². The van der Waals surface area contributed by atoms with Gasteiger partial charge in [0.05, 0.1) is 11.4 Å². The van der Waals surface area contributed by atoms with Gasteiger partial charge in [-0.25, -0.2) is 0 Å². The molecule has 1 aliphatic rings. The summed E-state index contributed by atoms with van der Waals surface area (Å²) >= 11 is 0. The lowest BCUT2D eigenvalue weighted by molar-refractivity contribution is -0.135. The molecule has 32 heavy (non-hydrogen) atoms. The van der Waals surface area contributed by atoms with Gasteiger partial charge in [0.25, 0.3) is 11.5 Å². The summed E-state index contributed by atoms with van der Waals surface area (Å²) in [5.74, 6) is -3.41. The Hall–Kier alpha value is -4.14. The Morgan fingerprint density at radius 1 is 1.03 bits per heavy atom. The Kier molecular flexibility index (Phi) is 5.63. The fraction of sp³-hybridized carbons (Fsp3) is 0.217. The Morgan fingerprint density at radius 3 is 2.44 bits per heavy atom. The van der Waals surface area contributed by atoms with E-state index in [1.807, 2.05) is 30.3 Å². The van der Waals surface area contributed by atoms with Gasteiger partial charge in [0.15, 0.2) is 0 Å². The van der Waals surface area contributed by atoms with Gasteiger partial charge in [-0.1, -0.05) is 30.3 Å². The summed E-state index contributed by atoms with van der Waals surface area (Å²) in [6.45, 7) is -0.164. The van der Waals surface area contributed by atoms with Crippen molar-refractivity contribution >= 4 is 34.4 Å². The van der Waals surface area contributed by atoms with Gasteiger partial charge < -0.3 is 25.0 Å². The fourth-order valence-electron chi connectivity index (χ4n) is 4.01. The molecule has 0 bridgehead atoms. The first kappa shape index (κ1) is 21.1. The summed E-state index contributed by atoms with van der Waals surface area (Å²) in [5, 5.41) is 21.8. The molecule has 9 nitrogen and oxygen atoms in total. The van der Waals surface area contributed by atoms with Crippen LogP contribution in [0.1, 0.15) is 16.8 Å². The number of anilines is 1. The zero-order valence-electron chi connectivity index (χ0n) is 17.0. The average Bonchev–Trinajstić information content (AvgIpc) is 3.16. The molecule has 4 rings (SSSR count). The predicted molar refractivity (Wildman–Crippen MR) is 117 cm³/mol. The van der Waals surface area contributed by atoms with Crippen molar-refractivity contribution in [1.82, 2.24) is 9.88 Å². The van der Waals surface area contributed by atoms with E-state index in [2.05, 4.69) is 5.32 Å². The number of benzene rings is 2. The van der Waals surface area contributed by atoms with E-state index >= 15 is 0 Å². The lowest BCUT2D eigenvalue weighted by Gasteiger charge is -2.19. The maximum absolute atomic E-state index is 13.2. The van der Waals surface area contributed by atoms with Crippen molar-refractivity contribution < 1.29 is 24.6 Å². The molecular weight excluding hydrogens is 414 g/mol. The second-order valence-corrected chi connectivity index (χ2v) is 7.54. The molecule has 1 saturated heterocycles. The molecule has 3 aromatic rings. The smallest absolute Gasteiger partial charge is 0.322 e. The van der Waals surface area contributed by atoms with E-state index < -0.39 is 41.2 Å². The van der Waals surface area contributed by atoms with Crippen molar-refractivity contribution in [2.75, 3.05) is 18.0 Å². The number of pyridine rings is 1. The molecule has 2 heterocycles. The number of rotatable bonds is 6. The topological polar surface area (TPSA) is 129 Å². The van der Waals surface area contributed by atoms with Crippen LogP contribution in [0.3, 0.4) is 0 Å². The Bertz CT molecular complexity index is 1270. The normalized spacial score (nSPS) is 15.8. The van der Waals surface area contributed by atoms with Gasteiger partial charge in [0, 0.05) is 24.2 Å². The van der Waals surface area contributed by atoms with Crippen molar-refractivity contribution in [1.29, 1.82) is 0 Å². The first-order chi connectivity index (χ1) is 15.4. The number of fused-ring (bicyclic) bond motifs is 1. The van der Waals surface area contributed by atoms with Crippen LogP contribution in [0.2, 0.25) is 0 Å². The van der Waals surface area contributed by atoms with E-state index in [4.69, 9.17) is 5.11 Å². The number of carbonyl (C=O) groups excluding carboxylic acids is 2. The molecule has 1 fully saturated rings. The van der Waals surface area contributed by atoms with Gasteiger partial charge in [-0.3, -0.25) is 19.2 Å². The molecule has 9 heteroatoms. The number of carbonyl (C=O) groups is 3. The van der Waals surface area contributed by atoms with Crippen LogP contribution in [0, 0.1) is 5.92 Å². The number of aromatic nitrogens is 1. The van der Waals surface area contributed by atoms with Gasteiger partial charge in [0.1, 0.15) is 17.9 Å². The Labute approximate surface area is 182 Å². The molecule has 3 N–H and O–H groups in total. The van der Waals surface area contributed by atoms with Crippen molar-refractivity contribution in [2.45, 2.75) is 13.0 Å². The summed E-state index contributed by atoms with van der Waals surface area (Å²) < 4.78 is 1.31. The van der Waals surface area contributed by atoms with E-state index in [1.165, 1.54) is 4.57 Å². The quantitative estimate of drug-likeness (QED) is 0.539. The first-order valence-corrected chi connectivity index (χ1v) is 10.1. The fourth-order valence-corrected chi connectivity index (χ4v) is 4.01. The van der Waals surface area contributed by atoms with Gasteiger partial charge in [-0.15, -0.1) is 0 Å². The summed E-state index contributed by atoms with van der Waals surface area (Å²) in [7, 11) is 0. The number of carboxylic acids is 1. The number of aromatic hydroxyl groups is 1.